The summed E-state index contributed by atoms with van der Waals surface area (Å²) in [6, 6.07) is -1.92. The summed E-state index contributed by atoms with van der Waals surface area (Å²) in [4.78, 5) is 23.4. The summed E-state index contributed by atoms with van der Waals surface area (Å²) in [6.07, 6.45) is 9.18. The normalized spacial score (nSPS) is 16.0. The van der Waals surface area contributed by atoms with Gasteiger partial charge < -0.3 is 20.1 Å². The maximum atomic E-state index is 11.7. The number of carbonyl (C=O) groups is 2. The van der Waals surface area contributed by atoms with E-state index < -0.39 is 24.0 Å². The van der Waals surface area contributed by atoms with Crippen molar-refractivity contribution in [2.45, 2.75) is 77.8 Å². The van der Waals surface area contributed by atoms with Crippen LogP contribution in [0.2, 0.25) is 0 Å². The van der Waals surface area contributed by atoms with Crippen LogP contribution in [0, 0.1) is 0 Å². The minimum atomic E-state index is -1.28. The van der Waals surface area contributed by atoms with Crippen LogP contribution in [0.5, 0.6) is 0 Å². The van der Waals surface area contributed by atoms with Crippen molar-refractivity contribution in [3.8, 4) is 0 Å². The topological polar surface area (TPSA) is 97.7 Å². The van der Waals surface area contributed by atoms with Gasteiger partial charge in [0.25, 0.3) is 0 Å². The van der Waals surface area contributed by atoms with Gasteiger partial charge >= 0.3 is 57.4 Å². The van der Waals surface area contributed by atoms with Gasteiger partial charge in [-0.2, -0.15) is 0 Å². The Morgan fingerprint density at radius 1 is 1.08 bits per heavy atom. The van der Waals surface area contributed by atoms with Crippen LogP contribution in [-0.2, 0) is 9.59 Å². The molecular weight excluding hydrogens is 349 g/mol. The maximum Gasteiger partial charge on any atom is 1.00 e. The van der Waals surface area contributed by atoms with Crippen molar-refractivity contribution in [1.29, 1.82) is 0 Å². The second kappa shape index (κ2) is 15.3. The molecule has 0 aromatic rings. The van der Waals surface area contributed by atoms with E-state index in [0.717, 1.165) is 32.1 Å². The number of carboxylic acids is 2. The number of hydrogen-bond acceptors (Lipinski definition) is 4. The number of quaternary nitrogens is 1. The van der Waals surface area contributed by atoms with E-state index in [4.69, 9.17) is 0 Å². The zero-order valence-electron chi connectivity index (χ0n) is 16.2. The number of aliphatic hydroxyl groups is 1. The van der Waals surface area contributed by atoms with Crippen molar-refractivity contribution in [3.63, 3.8) is 0 Å². The van der Waals surface area contributed by atoms with Gasteiger partial charge in [0, 0.05) is 12.8 Å². The summed E-state index contributed by atoms with van der Waals surface area (Å²) < 4.78 is -0.297. The molecule has 0 aromatic heterocycles. The number of allylic oxidation sites excluding steroid dienone is 1. The first-order chi connectivity index (χ1) is 11.4. The minimum Gasteiger partial charge on any atom is -0.544 e. The molecule has 0 bridgehead atoms. The summed E-state index contributed by atoms with van der Waals surface area (Å²) in [6.45, 7) is 5.31. The van der Waals surface area contributed by atoms with Crippen molar-refractivity contribution < 1.29 is 80.8 Å². The van der Waals surface area contributed by atoms with Gasteiger partial charge in [-0.25, -0.2) is 4.79 Å². The van der Waals surface area contributed by atoms with E-state index in [1.165, 1.54) is 0 Å². The first-order valence-electron chi connectivity index (χ1n) is 9.00. The Labute approximate surface area is 194 Å². The number of nitrogens with zero attached hydrogens (tertiary/aromatic N) is 1. The Morgan fingerprint density at radius 3 is 2.08 bits per heavy atom. The first-order valence-corrected chi connectivity index (χ1v) is 9.00. The smallest absolute Gasteiger partial charge is 0.544 e. The number of carbonyl (C=O) groups excluding carboxylic acids is 1. The fourth-order valence-corrected chi connectivity index (χ4v) is 3.37. The molecule has 7 heteroatoms. The minimum absolute atomic E-state index is 0. The quantitative estimate of drug-likeness (QED) is 0.221. The van der Waals surface area contributed by atoms with Gasteiger partial charge in [0.05, 0.1) is 18.8 Å². The van der Waals surface area contributed by atoms with Crippen molar-refractivity contribution in [2.24, 2.45) is 0 Å². The second-order valence-corrected chi connectivity index (χ2v) is 6.18. The first kappa shape index (κ1) is 27.5. The predicted octanol–water partition coefficient (Wildman–Crippen LogP) is -1.32. The Morgan fingerprint density at radius 2 is 1.68 bits per heavy atom. The molecule has 140 valence electrons. The van der Waals surface area contributed by atoms with Crippen molar-refractivity contribution in [1.82, 2.24) is 0 Å². The molecule has 0 heterocycles. The monoisotopic (exact) mass is 382 g/mol. The van der Waals surface area contributed by atoms with Gasteiger partial charge in [0.2, 0.25) is 0 Å². The van der Waals surface area contributed by atoms with Crippen LogP contribution < -0.4 is 56.5 Å². The van der Waals surface area contributed by atoms with Crippen LogP contribution in [0.25, 0.3) is 0 Å². The fraction of sp³-hybridized carbons (Fsp3) is 0.778. The second-order valence-electron chi connectivity index (χ2n) is 6.18. The third-order valence-electron chi connectivity index (χ3n) is 4.59. The zero-order valence-corrected chi connectivity index (χ0v) is 19.4. The van der Waals surface area contributed by atoms with Crippen molar-refractivity contribution in [2.75, 3.05) is 13.2 Å². The van der Waals surface area contributed by atoms with E-state index in [1.54, 1.807) is 20.0 Å². The number of unbranched alkanes of at least 4 members (excludes halogenated alkanes) is 4. The van der Waals surface area contributed by atoms with E-state index in [9.17, 15) is 24.9 Å². The molecule has 0 saturated heterocycles. The van der Waals surface area contributed by atoms with Crippen LogP contribution in [-0.4, -0.2) is 51.9 Å². The third kappa shape index (κ3) is 8.64. The van der Waals surface area contributed by atoms with Gasteiger partial charge in [-0.3, -0.25) is 4.48 Å². The Hall–Kier alpha value is 0.236. The molecular formula is C18H33KNO5+. The van der Waals surface area contributed by atoms with Crippen LogP contribution in [0.3, 0.4) is 0 Å². The zero-order chi connectivity index (χ0) is 18.6. The van der Waals surface area contributed by atoms with Crippen LogP contribution in [0.15, 0.2) is 12.3 Å². The van der Waals surface area contributed by atoms with Gasteiger partial charge in [-0.15, -0.1) is 0 Å². The number of hydrogen-bond donors (Lipinski definition) is 2. The van der Waals surface area contributed by atoms with Crippen LogP contribution >= 0.6 is 0 Å². The van der Waals surface area contributed by atoms with Crippen molar-refractivity contribution >= 4 is 11.9 Å². The Kier molecular flexibility index (Phi) is 16.8. The maximum absolute atomic E-state index is 11.7. The largest absolute Gasteiger partial charge is 1.00 e. The Bertz CT molecular complexity index is 392. The fourth-order valence-electron chi connectivity index (χ4n) is 3.37. The molecule has 0 rings (SSSR count). The number of aliphatic hydroxyl groups excluding tert-OH is 1. The summed E-state index contributed by atoms with van der Waals surface area (Å²) in [5, 5.41) is 30.7. The molecule has 0 aliphatic carbocycles. The molecule has 0 saturated carbocycles. The molecule has 3 unspecified atom stereocenters. The van der Waals surface area contributed by atoms with Crippen molar-refractivity contribution in [3.05, 3.63) is 12.3 Å². The molecule has 25 heavy (non-hydrogen) atoms. The molecule has 6 nitrogen and oxygen atoms in total. The SMILES string of the molecule is CCCCCC/C=C/[N+](CCO)(C(CC)C(=O)[O-])C(CC)C(=O)O.[K+]. The molecule has 0 spiro atoms. The molecule has 0 fully saturated rings. The predicted molar refractivity (Wildman–Crippen MR) is 90.9 cm³/mol. The summed E-state index contributed by atoms with van der Waals surface area (Å²) >= 11 is 0. The van der Waals surface area contributed by atoms with Gasteiger partial charge in [0.15, 0.2) is 6.04 Å². The standard InChI is InChI=1S/C18H33NO5.K/c1-4-7-8-9-10-11-12-19(13-14-20,15(5-2)17(21)22)16(6-3)18(23)24;/h11-12,15-16,20H,4-10,13-14H2,1-3H3,(H-,21,22,23,24);/q;+1/b12-11+;. The molecule has 0 aromatic carbocycles. The van der Waals surface area contributed by atoms with Crippen LogP contribution in [0.1, 0.15) is 65.7 Å². The van der Waals surface area contributed by atoms with Gasteiger partial charge in [-0.05, 0) is 18.9 Å². The number of carboxylic acid groups (broad SMARTS) is 2. The molecule has 0 aliphatic rings. The van der Waals surface area contributed by atoms with Gasteiger partial charge in [0.1, 0.15) is 12.6 Å². The number of aliphatic carboxylic acids is 2. The summed E-state index contributed by atoms with van der Waals surface area (Å²) in [7, 11) is 0. The average molecular weight is 383 g/mol. The average Bonchev–Trinajstić information content (AvgIpc) is 2.51. The molecule has 2 N–H and O–H groups in total. The van der Waals surface area contributed by atoms with E-state index in [0.29, 0.717) is 0 Å². The van der Waals surface area contributed by atoms with E-state index in [1.807, 2.05) is 6.08 Å². The summed E-state index contributed by atoms with van der Waals surface area (Å²) in [5.74, 6) is -2.33. The van der Waals surface area contributed by atoms with Gasteiger partial charge in [-0.1, -0.05) is 40.0 Å². The summed E-state index contributed by atoms with van der Waals surface area (Å²) in [5.41, 5.74) is 0. The van der Waals surface area contributed by atoms with E-state index >= 15 is 0 Å². The van der Waals surface area contributed by atoms with E-state index in [-0.39, 0.29) is 81.9 Å². The third-order valence-corrected chi connectivity index (χ3v) is 4.59. The van der Waals surface area contributed by atoms with Crippen LogP contribution in [0.4, 0.5) is 0 Å². The molecule has 3 atom stereocenters. The number of rotatable bonds is 14. The molecule has 0 radical (unpaired) electrons. The van der Waals surface area contributed by atoms with E-state index in [2.05, 4.69) is 6.92 Å². The Balaban J connectivity index is 0. The molecule has 0 aliphatic heterocycles. The molecule has 0 amide bonds.